The molecule has 0 radical (unpaired) electrons. The molecule has 0 bridgehead atoms. The van der Waals surface area contributed by atoms with Crippen molar-refractivity contribution in [2.24, 2.45) is 5.92 Å². The predicted molar refractivity (Wildman–Crippen MR) is 141 cm³/mol. The predicted octanol–water partition coefficient (Wildman–Crippen LogP) is 8.40. The van der Waals surface area contributed by atoms with Gasteiger partial charge in [0.1, 0.15) is 21.8 Å². The highest BCUT2D eigenvalue weighted by molar-refractivity contribution is 6.53. The smallest absolute Gasteiger partial charge is 0.326 e. The van der Waals surface area contributed by atoms with E-state index in [4.69, 9.17) is 34.8 Å². The number of rotatable bonds is 8. The summed E-state index contributed by atoms with van der Waals surface area (Å²) in [6, 6.07) is 6.34. The van der Waals surface area contributed by atoms with Gasteiger partial charge in [-0.25, -0.2) is 13.2 Å². The number of nitrogens with one attached hydrogen (secondary N) is 1. The van der Waals surface area contributed by atoms with E-state index in [2.05, 4.69) is 5.32 Å². The summed E-state index contributed by atoms with van der Waals surface area (Å²) in [7, 11) is 0. The fourth-order valence-electron chi connectivity index (χ4n) is 4.52. The molecule has 0 saturated heterocycles. The van der Waals surface area contributed by atoms with Gasteiger partial charge in [-0.15, -0.1) is 23.2 Å². The van der Waals surface area contributed by atoms with Crippen LogP contribution >= 0.6 is 34.8 Å². The van der Waals surface area contributed by atoms with E-state index in [1.165, 1.54) is 6.07 Å². The molecule has 1 aliphatic carbocycles. The van der Waals surface area contributed by atoms with Gasteiger partial charge in [0.15, 0.2) is 5.78 Å². The Kier molecular flexibility index (Phi) is 9.09. The second-order valence-electron chi connectivity index (χ2n) is 9.78. The Hall–Kier alpha value is -3.29. The summed E-state index contributed by atoms with van der Waals surface area (Å²) >= 11 is 18.4. The maximum absolute atomic E-state index is 14.4. The van der Waals surface area contributed by atoms with Crippen LogP contribution in [0.4, 0.5) is 45.2 Å². The molecule has 4 nitrogen and oxygen atoms in total. The first-order chi connectivity index (χ1) is 20.2. The van der Waals surface area contributed by atoms with Crippen LogP contribution in [0.25, 0.3) is 0 Å². The zero-order chi connectivity index (χ0) is 32.9. The Morgan fingerprint density at radius 2 is 1.41 bits per heavy atom. The Bertz CT molecular complexity index is 1670. The van der Waals surface area contributed by atoms with E-state index in [0.717, 1.165) is 18.2 Å². The number of Topliss-reactive ketones (excluding diaryl/α,β-unsaturated/α-hetero) is 2. The molecule has 3 aromatic carbocycles. The van der Waals surface area contributed by atoms with Crippen LogP contribution in [0.5, 0.6) is 0 Å². The quantitative estimate of drug-likeness (QED) is 0.147. The number of hydrogen-bond donors (Lipinski definition) is 1. The molecule has 1 aliphatic rings. The number of hydrogen-bond acceptors (Lipinski definition) is 3. The number of halogens is 12. The lowest BCUT2D eigenvalue weighted by Crippen LogP contribution is -2.25. The van der Waals surface area contributed by atoms with Crippen molar-refractivity contribution in [2.45, 2.75) is 35.4 Å². The Labute approximate surface area is 257 Å². The lowest BCUT2D eigenvalue weighted by Gasteiger charge is -2.11. The zero-order valence-electron chi connectivity index (χ0n) is 21.4. The molecule has 16 heteroatoms. The van der Waals surface area contributed by atoms with Crippen molar-refractivity contribution >= 4 is 58.0 Å². The number of anilines is 1. The maximum atomic E-state index is 14.4. The average molecular weight is 691 g/mol. The Morgan fingerprint density at radius 3 is 2.00 bits per heavy atom. The molecule has 0 unspecified atom stereocenters. The van der Waals surface area contributed by atoms with Crippen LogP contribution in [0.3, 0.4) is 0 Å². The van der Waals surface area contributed by atoms with E-state index in [0.29, 0.717) is 18.2 Å². The van der Waals surface area contributed by atoms with Crippen molar-refractivity contribution in [3.05, 3.63) is 98.8 Å². The number of amides is 1. The van der Waals surface area contributed by atoms with Gasteiger partial charge in [0.05, 0.1) is 16.5 Å². The molecule has 1 saturated carbocycles. The molecule has 4 rings (SSSR count). The van der Waals surface area contributed by atoms with E-state index in [1.54, 1.807) is 0 Å². The molecule has 0 aliphatic heterocycles. The monoisotopic (exact) mass is 689 g/mol. The highest BCUT2D eigenvalue weighted by Gasteiger charge is 2.67. The van der Waals surface area contributed by atoms with Gasteiger partial charge in [-0.3, -0.25) is 14.4 Å². The van der Waals surface area contributed by atoms with Gasteiger partial charge >= 0.3 is 12.4 Å². The summed E-state index contributed by atoms with van der Waals surface area (Å²) in [6.45, 7) is 0. The van der Waals surface area contributed by atoms with Gasteiger partial charge < -0.3 is 5.32 Å². The first-order valence-corrected chi connectivity index (χ1v) is 13.3. The molecule has 44 heavy (non-hydrogen) atoms. The van der Waals surface area contributed by atoms with Crippen LogP contribution in [-0.2, 0) is 28.6 Å². The van der Waals surface area contributed by atoms with Gasteiger partial charge in [-0.2, -0.15) is 26.3 Å². The standard InChI is InChI=1S/C28H15Cl3F9NO3/c29-17-3-2-14(41-25(44)24-23(26(24,30)31)11-1-4-18(32)16(6-11)27(35,36)37)9-15(17)21(42)7-12-5-13(20(34)10-19(12)33)8-22(43)28(38,39)40/h1-6,9-10,23-24H,7-8H2,(H,41,44)/t23-,24+/m0/s1. The van der Waals surface area contributed by atoms with Crippen molar-refractivity contribution in [3.63, 3.8) is 0 Å². The van der Waals surface area contributed by atoms with E-state index < -0.39 is 93.0 Å². The normalized spacial score (nSPS) is 17.7. The highest BCUT2D eigenvalue weighted by atomic mass is 35.5. The summed E-state index contributed by atoms with van der Waals surface area (Å²) in [6.07, 6.45) is -12.6. The van der Waals surface area contributed by atoms with Crippen molar-refractivity contribution in [2.75, 3.05) is 5.32 Å². The van der Waals surface area contributed by atoms with Gasteiger partial charge in [0.25, 0.3) is 0 Å². The molecular formula is C28H15Cl3F9NO3. The number of benzene rings is 3. The molecule has 1 amide bonds. The average Bonchev–Trinajstić information content (AvgIpc) is 3.48. The summed E-state index contributed by atoms with van der Waals surface area (Å²) in [5, 5.41) is 2.19. The van der Waals surface area contributed by atoms with E-state index in [1.807, 2.05) is 0 Å². The molecule has 1 fully saturated rings. The minimum atomic E-state index is -5.27. The summed E-state index contributed by atoms with van der Waals surface area (Å²) in [4.78, 5) is 37.2. The summed E-state index contributed by atoms with van der Waals surface area (Å²) < 4.78 is 118. The van der Waals surface area contributed by atoms with E-state index >= 15 is 0 Å². The van der Waals surface area contributed by atoms with Crippen LogP contribution in [0.2, 0.25) is 5.02 Å². The molecule has 0 heterocycles. The number of ketones is 2. The van der Waals surface area contributed by atoms with Gasteiger partial charge in [-0.1, -0.05) is 17.7 Å². The lowest BCUT2D eigenvalue weighted by atomic mass is 9.98. The first kappa shape index (κ1) is 33.6. The minimum absolute atomic E-state index is 0.0799. The Morgan fingerprint density at radius 1 is 0.795 bits per heavy atom. The van der Waals surface area contributed by atoms with Crippen molar-refractivity contribution in [1.82, 2.24) is 0 Å². The third-order valence-electron chi connectivity index (χ3n) is 6.76. The minimum Gasteiger partial charge on any atom is -0.326 e. The van der Waals surface area contributed by atoms with Crippen molar-refractivity contribution in [1.29, 1.82) is 0 Å². The van der Waals surface area contributed by atoms with Crippen LogP contribution in [0, 0.1) is 23.4 Å². The van der Waals surface area contributed by atoms with Gasteiger partial charge in [-0.05, 0) is 53.1 Å². The van der Waals surface area contributed by atoms with E-state index in [9.17, 15) is 53.9 Å². The second kappa shape index (κ2) is 11.9. The third-order valence-corrected chi connectivity index (χ3v) is 8.03. The molecule has 234 valence electrons. The highest BCUT2D eigenvalue weighted by Crippen LogP contribution is 2.65. The number of carbonyl (C=O) groups is 3. The molecule has 3 aromatic rings. The molecule has 0 spiro atoms. The summed E-state index contributed by atoms with van der Waals surface area (Å²) in [5.74, 6) is -10.8. The Balaban J connectivity index is 1.53. The SMILES string of the molecule is O=C(Cc1cc(CC(=O)C(F)(F)F)c(F)cc1F)c1cc(NC(=O)[C@H]2[C@H](c3ccc(F)c(C(F)(F)F)c3)C2(Cl)Cl)ccc1Cl. The van der Waals surface area contributed by atoms with Crippen molar-refractivity contribution in [3.8, 4) is 0 Å². The molecule has 1 N–H and O–H groups in total. The third kappa shape index (κ3) is 7.00. The fraction of sp³-hybridized carbons (Fsp3) is 0.250. The summed E-state index contributed by atoms with van der Waals surface area (Å²) in [5.41, 5.74) is -3.46. The zero-order valence-corrected chi connectivity index (χ0v) is 23.7. The van der Waals surface area contributed by atoms with Crippen LogP contribution in [0.1, 0.15) is 38.5 Å². The van der Waals surface area contributed by atoms with Crippen LogP contribution < -0.4 is 5.32 Å². The van der Waals surface area contributed by atoms with Crippen LogP contribution in [-0.4, -0.2) is 28.0 Å². The fourth-order valence-corrected chi connectivity index (χ4v) is 5.57. The van der Waals surface area contributed by atoms with E-state index in [-0.39, 0.29) is 27.9 Å². The first-order valence-electron chi connectivity index (χ1n) is 12.2. The lowest BCUT2D eigenvalue weighted by molar-refractivity contribution is -0.170. The second-order valence-corrected chi connectivity index (χ2v) is 11.6. The van der Waals surface area contributed by atoms with Gasteiger partial charge in [0.2, 0.25) is 11.7 Å². The van der Waals surface area contributed by atoms with Crippen LogP contribution in [0.15, 0.2) is 48.5 Å². The van der Waals surface area contributed by atoms with Gasteiger partial charge in [0, 0.05) is 36.1 Å². The van der Waals surface area contributed by atoms with Crippen molar-refractivity contribution < 1.29 is 53.9 Å². The number of carbonyl (C=O) groups excluding carboxylic acids is 3. The topological polar surface area (TPSA) is 63.2 Å². The maximum Gasteiger partial charge on any atom is 0.450 e. The number of alkyl halides is 8. The molecular weight excluding hydrogens is 676 g/mol. The largest absolute Gasteiger partial charge is 0.450 e. The molecule has 0 aromatic heterocycles. The molecule has 2 atom stereocenters.